The molecule has 0 amide bonds. The third-order valence-corrected chi connectivity index (χ3v) is 5.14. The highest BCUT2D eigenvalue weighted by Gasteiger charge is 2.24. The number of nitrogens with zero attached hydrogens (tertiary/aromatic N) is 2. The molecule has 3 N–H and O–H groups in total. The Balaban J connectivity index is 2.82. The fourth-order valence-corrected chi connectivity index (χ4v) is 3.68. The van der Waals surface area contributed by atoms with Gasteiger partial charge >= 0.3 is 0 Å². The number of nitrogens with two attached hydrogens (primary N) is 1. The van der Waals surface area contributed by atoms with Gasteiger partial charge in [-0.3, -0.25) is 0 Å². The van der Waals surface area contributed by atoms with Gasteiger partial charge in [0.05, 0.1) is 12.3 Å². The Hall–Kier alpha value is -1.60. The van der Waals surface area contributed by atoms with Gasteiger partial charge in [0.25, 0.3) is 0 Å². The molecule has 1 aromatic carbocycles. The zero-order chi connectivity index (χ0) is 15.2. The van der Waals surface area contributed by atoms with Crippen molar-refractivity contribution in [1.82, 2.24) is 4.31 Å². The molecule has 0 heterocycles. The van der Waals surface area contributed by atoms with Crippen LogP contribution < -0.4 is 5.73 Å². The molecule has 0 bridgehead atoms. The van der Waals surface area contributed by atoms with Gasteiger partial charge in [-0.05, 0) is 11.5 Å². The van der Waals surface area contributed by atoms with Gasteiger partial charge in [-0.2, -0.15) is 4.31 Å². The molecular formula is C13H21N3O3S. The maximum absolute atomic E-state index is 12.3. The van der Waals surface area contributed by atoms with Crippen LogP contribution in [0.5, 0.6) is 0 Å². The normalized spacial score (nSPS) is 14.4. The minimum Gasteiger partial charge on any atom is -0.409 e. The molecule has 1 atom stereocenters. The summed E-state index contributed by atoms with van der Waals surface area (Å²) in [6.45, 7) is 3.76. The van der Waals surface area contributed by atoms with Crippen LogP contribution in [-0.4, -0.2) is 42.6 Å². The molecule has 20 heavy (non-hydrogen) atoms. The molecule has 0 aliphatic rings. The average molecular weight is 299 g/mol. The fraction of sp³-hybridized carbons (Fsp3) is 0.462. The van der Waals surface area contributed by atoms with Crippen molar-refractivity contribution in [1.29, 1.82) is 0 Å². The first-order valence-electron chi connectivity index (χ1n) is 6.39. The van der Waals surface area contributed by atoms with Gasteiger partial charge in [0.15, 0.2) is 5.84 Å². The van der Waals surface area contributed by atoms with Crippen LogP contribution in [0.15, 0.2) is 35.5 Å². The van der Waals surface area contributed by atoms with Crippen molar-refractivity contribution in [3.63, 3.8) is 0 Å². The van der Waals surface area contributed by atoms with Crippen molar-refractivity contribution in [3.05, 3.63) is 35.9 Å². The predicted octanol–water partition coefficient (Wildman–Crippen LogP) is 1.19. The molecule has 1 aromatic rings. The monoisotopic (exact) mass is 299 g/mol. The Morgan fingerprint density at radius 2 is 2.00 bits per heavy atom. The minimum atomic E-state index is -3.46. The van der Waals surface area contributed by atoms with E-state index in [1.54, 1.807) is 6.92 Å². The topological polar surface area (TPSA) is 96.0 Å². The van der Waals surface area contributed by atoms with E-state index in [0.29, 0.717) is 0 Å². The van der Waals surface area contributed by atoms with Crippen molar-refractivity contribution in [2.24, 2.45) is 10.9 Å². The first-order valence-corrected chi connectivity index (χ1v) is 8.00. The maximum Gasteiger partial charge on any atom is 0.215 e. The summed E-state index contributed by atoms with van der Waals surface area (Å²) in [7, 11) is -3.46. The lowest BCUT2D eigenvalue weighted by molar-refractivity contribution is 0.315. The lowest BCUT2D eigenvalue weighted by atomic mass is 10.0. The van der Waals surface area contributed by atoms with Gasteiger partial charge in [0.2, 0.25) is 10.0 Å². The van der Waals surface area contributed by atoms with Crippen LogP contribution in [0, 0.1) is 0 Å². The molecule has 0 aromatic heterocycles. The standard InChI is InChI=1S/C13H21N3O3S/c1-3-16(9-13(14)15-17)20(18,19)10-11(2)12-7-5-4-6-8-12/h4-8,11,17H,3,9-10H2,1-2H3,(H2,14,15). The van der Waals surface area contributed by atoms with Gasteiger partial charge in [-0.15, -0.1) is 0 Å². The lowest BCUT2D eigenvalue weighted by Crippen LogP contribution is -2.40. The Labute approximate surface area is 119 Å². The molecule has 0 saturated carbocycles. The Kier molecular flexibility index (Phi) is 5.97. The van der Waals surface area contributed by atoms with Crippen molar-refractivity contribution < 1.29 is 13.6 Å². The molecule has 0 radical (unpaired) electrons. The van der Waals surface area contributed by atoms with Crippen molar-refractivity contribution in [2.45, 2.75) is 19.8 Å². The van der Waals surface area contributed by atoms with Gasteiger partial charge in [0, 0.05) is 6.54 Å². The van der Waals surface area contributed by atoms with Gasteiger partial charge in [-0.25, -0.2) is 8.42 Å². The molecule has 0 saturated heterocycles. The summed E-state index contributed by atoms with van der Waals surface area (Å²) in [5.41, 5.74) is 6.35. The van der Waals surface area contributed by atoms with E-state index in [9.17, 15) is 8.42 Å². The van der Waals surface area contributed by atoms with Crippen LogP contribution in [0.4, 0.5) is 0 Å². The second-order valence-electron chi connectivity index (χ2n) is 4.61. The molecule has 0 fully saturated rings. The van der Waals surface area contributed by atoms with E-state index in [4.69, 9.17) is 10.9 Å². The summed E-state index contributed by atoms with van der Waals surface area (Å²) >= 11 is 0. The smallest absolute Gasteiger partial charge is 0.215 e. The molecule has 7 heteroatoms. The Morgan fingerprint density at radius 3 is 2.50 bits per heavy atom. The molecular weight excluding hydrogens is 278 g/mol. The summed E-state index contributed by atoms with van der Waals surface area (Å²) in [5, 5.41) is 11.4. The van der Waals surface area contributed by atoms with Crippen molar-refractivity contribution >= 4 is 15.9 Å². The fourth-order valence-electron chi connectivity index (χ4n) is 1.92. The quantitative estimate of drug-likeness (QED) is 0.342. The molecule has 0 aliphatic heterocycles. The first-order chi connectivity index (χ1) is 9.40. The molecule has 112 valence electrons. The summed E-state index contributed by atoms with van der Waals surface area (Å²) in [6, 6.07) is 9.46. The lowest BCUT2D eigenvalue weighted by Gasteiger charge is -2.22. The van der Waals surface area contributed by atoms with Crippen LogP contribution in [0.2, 0.25) is 0 Å². The predicted molar refractivity (Wildman–Crippen MR) is 79.3 cm³/mol. The number of sulfonamides is 1. The van der Waals surface area contributed by atoms with E-state index in [2.05, 4.69) is 5.16 Å². The van der Waals surface area contributed by atoms with E-state index < -0.39 is 10.0 Å². The number of likely N-dealkylation sites (N-methyl/N-ethyl adjacent to an activating group) is 1. The van der Waals surface area contributed by atoms with E-state index in [0.717, 1.165) is 5.56 Å². The first kappa shape index (κ1) is 16.5. The second-order valence-corrected chi connectivity index (χ2v) is 6.62. The molecule has 6 nitrogen and oxygen atoms in total. The highest BCUT2D eigenvalue weighted by atomic mass is 32.2. The number of hydrogen-bond acceptors (Lipinski definition) is 4. The minimum absolute atomic E-state index is 0.0104. The zero-order valence-corrected chi connectivity index (χ0v) is 12.5. The highest BCUT2D eigenvalue weighted by molar-refractivity contribution is 7.89. The maximum atomic E-state index is 12.3. The molecule has 0 spiro atoms. The average Bonchev–Trinajstić information content (AvgIpc) is 2.44. The van der Waals surface area contributed by atoms with Crippen LogP contribution in [-0.2, 0) is 10.0 Å². The summed E-state index contributed by atoms with van der Waals surface area (Å²) in [5.74, 6) is -0.255. The third kappa shape index (κ3) is 4.50. The summed E-state index contributed by atoms with van der Waals surface area (Å²) in [4.78, 5) is 0. The number of oxime groups is 1. The van der Waals surface area contributed by atoms with Crippen molar-refractivity contribution in [3.8, 4) is 0 Å². The highest BCUT2D eigenvalue weighted by Crippen LogP contribution is 2.18. The van der Waals surface area contributed by atoms with Crippen LogP contribution in [0.1, 0.15) is 25.3 Å². The second kappa shape index (κ2) is 7.25. The van der Waals surface area contributed by atoms with Gasteiger partial charge < -0.3 is 10.9 Å². The van der Waals surface area contributed by atoms with Gasteiger partial charge in [-0.1, -0.05) is 49.3 Å². The molecule has 1 unspecified atom stereocenters. The number of hydrogen-bond donors (Lipinski definition) is 2. The number of amidine groups is 1. The largest absolute Gasteiger partial charge is 0.409 e. The van der Waals surface area contributed by atoms with E-state index in [-0.39, 0.29) is 30.6 Å². The molecule has 1 rings (SSSR count). The zero-order valence-electron chi connectivity index (χ0n) is 11.7. The summed E-state index contributed by atoms with van der Waals surface area (Å²) in [6.07, 6.45) is 0. The number of benzene rings is 1. The van der Waals surface area contributed by atoms with Crippen LogP contribution in [0.25, 0.3) is 0 Å². The van der Waals surface area contributed by atoms with Crippen LogP contribution >= 0.6 is 0 Å². The SMILES string of the molecule is CCN(C/C(N)=N/O)S(=O)(=O)CC(C)c1ccccc1. The third-order valence-electron chi connectivity index (χ3n) is 3.04. The van der Waals surface area contributed by atoms with Gasteiger partial charge in [0.1, 0.15) is 0 Å². The molecule has 0 aliphatic carbocycles. The van der Waals surface area contributed by atoms with Crippen LogP contribution in [0.3, 0.4) is 0 Å². The van der Waals surface area contributed by atoms with E-state index in [1.165, 1.54) is 4.31 Å². The Bertz CT molecular complexity index is 543. The van der Waals surface area contributed by atoms with E-state index >= 15 is 0 Å². The summed E-state index contributed by atoms with van der Waals surface area (Å²) < 4.78 is 25.9. The van der Waals surface area contributed by atoms with E-state index in [1.807, 2.05) is 37.3 Å². The van der Waals surface area contributed by atoms with Crippen molar-refractivity contribution in [2.75, 3.05) is 18.8 Å². The Morgan fingerprint density at radius 1 is 1.40 bits per heavy atom. The number of rotatable bonds is 7.